The van der Waals surface area contributed by atoms with Crippen molar-refractivity contribution in [2.45, 2.75) is 58.4 Å². The molecule has 3 atom stereocenters. The zero-order valence-corrected chi connectivity index (χ0v) is 12.9. The summed E-state index contributed by atoms with van der Waals surface area (Å²) < 4.78 is 2.21. The smallest absolute Gasteiger partial charge is 0.111 e. The van der Waals surface area contributed by atoms with Gasteiger partial charge in [-0.15, -0.1) is 0 Å². The van der Waals surface area contributed by atoms with E-state index in [1.165, 1.54) is 31.5 Å². The van der Waals surface area contributed by atoms with Crippen LogP contribution in [0, 0.1) is 11.8 Å². The van der Waals surface area contributed by atoms with Gasteiger partial charge in [-0.1, -0.05) is 33.6 Å². The molecule has 3 unspecified atom stereocenters. The Kier molecular flexibility index (Phi) is 5.03. The third-order valence-electron chi connectivity index (χ3n) is 4.66. The molecule has 1 fully saturated rings. The molecule has 19 heavy (non-hydrogen) atoms. The predicted octanol–water partition coefficient (Wildman–Crippen LogP) is 3.33. The molecule has 0 aromatic carbocycles. The maximum atomic E-state index is 4.62. The van der Waals surface area contributed by atoms with Gasteiger partial charge in [0.15, 0.2) is 0 Å². The summed E-state index contributed by atoms with van der Waals surface area (Å²) >= 11 is 0. The molecular weight excluding hydrogens is 234 g/mol. The maximum Gasteiger partial charge on any atom is 0.111 e. The fourth-order valence-electron chi connectivity index (χ4n) is 3.37. The fraction of sp³-hybridized carbons (Fsp3) is 0.812. The topological polar surface area (TPSA) is 29.9 Å². The highest BCUT2D eigenvalue weighted by Crippen LogP contribution is 2.40. The first-order chi connectivity index (χ1) is 9.11. The second-order valence-electron chi connectivity index (χ2n) is 6.41. The molecule has 1 aromatic rings. The number of imidazole rings is 1. The zero-order valence-electron chi connectivity index (χ0n) is 12.9. The first-order valence-electron chi connectivity index (χ1n) is 7.82. The van der Waals surface area contributed by atoms with Crippen LogP contribution in [0.3, 0.4) is 0 Å². The Balaban J connectivity index is 2.09. The standard InChI is InChI=1S/C16H29N3/c1-5-13-6-7-14(11-18-12(2)3)15(10-13)16-17-8-9-19(16)4/h8-9,12-15,18H,5-7,10-11H2,1-4H3. The molecule has 0 aliphatic heterocycles. The highest BCUT2D eigenvalue weighted by Gasteiger charge is 2.32. The van der Waals surface area contributed by atoms with E-state index in [2.05, 4.69) is 48.9 Å². The van der Waals surface area contributed by atoms with Crippen molar-refractivity contribution in [2.75, 3.05) is 6.54 Å². The quantitative estimate of drug-likeness (QED) is 0.883. The summed E-state index contributed by atoms with van der Waals surface area (Å²) in [4.78, 5) is 4.62. The largest absolute Gasteiger partial charge is 0.338 e. The Labute approximate surface area is 117 Å². The Morgan fingerprint density at radius 3 is 2.79 bits per heavy atom. The van der Waals surface area contributed by atoms with Crippen LogP contribution in [0.5, 0.6) is 0 Å². The Morgan fingerprint density at radius 2 is 2.21 bits per heavy atom. The second kappa shape index (κ2) is 6.56. The lowest BCUT2D eigenvalue weighted by Gasteiger charge is -2.36. The molecule has 1 saturated carbocycles. The Morgan fingerprint density at radius 1 is 1.42 bits per heavy atom. The molecule has 1 aromatic heterocycles. The van der Waals surface area contributed by atoms with Crippen molar-refractivity contribution >= 4 is 0 Å². The van der Waals surface area contributed by atoms with Gasteiger partial charge in [0.05, 0.1) is 0 Å². The zero-order chi connectivity index (χ0) is 13.8. The summed E-state index contributed by atoms with van der Waals surface area (Å²) in [6, 6.07) is 0.575. The number of aryl methyl sites for hydroxylation is 1. The Bertz CT molecular complexity index is 383. The first-order valence-corrected chi connectivity index (χ1v) is 7.82. The van der Waals surface area contributed by atoms with Gasteiger partial charge in [-0.2, -0.15) is 0 Å². The van der Waals surface area contributed by atoms with Gasteiger partial charge in [0.25, 0.3) is 0 Å². The number of aromatic nitrogens is 2. The summed E-state index contributed by atoms with van der Waals surface area (Å²) in [6.45, 7) is 7.92. The van der Waals surface area contributed by atoms with Crippen LogP contribution in [0.25, 0.3) is 0 Å². The third kappa shape index (κ3) is 3.59. The molecule has 0 spiro atoms. The molecular formula is C16H29N3. The normalized spacial score (nSPS) is 27.9. The molecule has 0 bridgehead atoms. The van der Waals surface area contributed by atoms with Crippen LogP contribution >= 0.6 is 0 Å². The lowest BCUT2D eigenvalue weighted by atomic mass is 9.72. The highest BCUT2D eigenvalue weighted by atomic mass is 15.0. The van der Waals surface area contributed by atoms with Gasteiger partial charge in [-0.3, -0.25) is 0 Å². The highest BCUT2D eigenvalue weighted by molar-refractivity contribution is 5.05. The van der Waals surface area contributed by atoms with Crippen LogP contribution in [-0.2, 0) is 7.05 Å². The van der Waals surface area contributed by atoms with Crippen LogP contribution in [0.1, 0.15) is 58.2 Å². The summed E-state index contributed by atoms with van der Waals surface area (Å²) in [6.07, 6.45) is 9.38. The summed E-state index contributed by atoms with van der Waals surface area (Å²) in [5.41, 5.74) is 0. The van der Waals surface area contributed by atoms with E-state index in [1.54, 1.807) is 0 Å². The van der Waals surface area contributed by atoms with E-state index in [0.29, 0.717) is 12.0 Å². The van der Waals surface area contributed by atoms with Crippen LogP contribution in [0.2, 0.25) is 0 Å². The van der Waals surface area contributed by atoms with Crippen LogP contribution in [-0.4, -0.2) is 22.1 Å². The van der Waals surface area contributed by atoms with Gasteiger partial charge in [0, 0.05) is 31.4 Å². The summed E-state index contributed by atoms with van der Waals surface area (Å²) in [5, 5.41) is 3.62. The molecule has 3 nitrogen and oxygen atoms in total. The van der Waals surface area contributed by atoms with E-state index in [1.807, 2.05) is 6.20 Å². The molecule has 1 aliphatic rings. The molecule has 1 heterocycles. The van der Waals surface area contributed by atoms with Crippen molar-refractivity contribution in [3.63, 3.8) is 0 Å². The first kappa shape index (κ1) is 14.6. The third-order valence-corrected chi connectivity index (χ3v) is 4.66. The molecule has 0 amide bonds. The predicted molar refractivity (Wildman–Crippen MR) is 80.2 cm³/mol. The van der Waals surface area contributed by atoms with E-state index >= 15 is 0 Å². The van der Waals surface area contributed by atoms with Gasteiger partial charge in [-0.05, 0) is 31.2 Å². The van der Waals surface area contributed by atoms with E-state index in [4.69, 9.17) is 0 Å². The van der Waals surface area contributed by atoms with E-state index in [9.17, 15) is 0 Å². The van der Waals surface area contributed by atoms with Gasteiger partial charge in [0.2, 0.25) is 0 Å². The van der Waals surface area contributed by atoms with Crippen LogP contribution < -0.4 is 5.32 Å². The van der Waals surface area contributed by atoms with Crippen molar-refractivity contribution in [3.8, 4) is 0 Å². The number of rotatable bonds is 5. The van der Waals surface area contributed by atoms with E-state index < -0.39 is 0 Å². The molecule has 0 radical (unpaired) electrons. The number of hydrogen-bond acceptors (Lipinski definition) is 2. The summed E-state index contributed by atoms with van der Waals surface area (Å²) in [7, 11) is 2.13. The minimum Gasteiger partial charge on any atom is -0.338 e. The molecule has 1 N–H and O–H groups in total. The fourth-order valence-corrected chi connectivity index (χ4v) is 3.37. The van der Waals surface area contributed by atoms with Crippen molar-refractivity contribution in [2.24, 2.45) is 18.9 Å². The van der Waals surface area contributed by atoms with Crippen molar-refractivity contribution in [1.29, 1.82) is 0 Å². The number of nitrogens with one attached hydrogen (secondary N) is 1. The van der Waals surface area contributed by atoms with Crippen LogP contribution in [0.4, 0.5) is 0 Å². The van der Waals surface area contributed by atoms with Crippen molar-refractivity contribution < 1.29 is 0 Å². The molecule has 0 saturated heterocycles. The van der Waals surface area contributed by atoms with E-state index in [-0.39, 0.29) is 0 Å². The van der Waals surface area contributed by atoms with Gasteiger partial charge in [0.1, 0.15) is 5.82 Å². The lowest BCUT2D eigenvalue weighted by molar-refractivity contribution is 0.214. The molecule has 108 valence electrons. The molecule has 1 aliphatic carbocycles. The maximum absolute atomic E-state index is 4.62. The van der Waals surface area contributed by atoms with Gasteiger partial charge >= 0.3 is 0 Å². The Hall–Kier alpha value is -0.830. The van der Waals surface area contributed by atoms with Gasteiger partial charge < -0.3 is 9.88 Å². The molecule has 2 rings (SSSR count). The number of nitrogens with zero attached hydrogens (tertiary/aromatic N) is 2. The van der Waals surface area contributed by atoms with Gasteiger partial charge in [-0.25, -0.2) is 4.98 Å². The number of hydrogen-bond donors (Lipinski definition) is 1. The summed E-state index contributed by atoms with van der Waals surface area (Å²) in [5.74, 6) is 3.54. The van der Waals surface area contributed by atoms with Crippen molar-refractivity contribution in [1.82, 2.24) is 14.9 Å². The lowest BCUT2D eigenvalue weighted by Crippen LogP contribution is -2.35. The average molecular weight is 263 g/mol. The molecule has 3 heteroatoms. The average Bonchev–Trinajstić information content (AvgIpc) is 2.82. The monoisotopic (exact) mass is 263 g/mol. The second-order valence-corrected chi connectivity index (χ2v) is 6.41. The SMILES string of the molecule is CCC1CCC(CNC(C)C)C(c2nccn2C)C1. The van der Waals surface area contributed by atoms with E-state index in [0.717, 1.165) is 18.4 Å². The van der Waals surface area contributed by atoms with Crippen molar-refractivity contribution in [3.05, 3.63) is 18.2 Å². The van der Waals surface area contributed by atoms with Crippen LogP contribution in [0.15, 0.2) is 12.4 Å². The minimum absolute atomic E-state index is 0.575. The minimum atomic E-state index is 0.575.